The van der Waals surface area contributed by atoms with E-state index < -0.39 is 26.4 Å². The molecule has 1 aromatic heterocycles. The Bertz CT molecular complexity index is 661. The Morgan fingerprint density at radius 2 is 2.00 bits per heavy atom. The lowest BCUT2D eigenvalue weighted by Gasteiger charge is -2.26. The summed E-state index contributed by atoms with van der Waals surface area (Å²) in [7, 11) is -3.13. The van der Waals surface area contributed by atoms with Crippen molar-refractivity contribution >= 4 is 33.0 Å². The number of carbonyl (C=O) groups excluding carboxylic acids is 1. The van der Waals surface area contributed by atoms with E-state index in [2.05, 4.69) is 4.98 Å². The Kier molecular flexibility index (Phi) is 3.91. The highest BCUT2D eigenvalue weighted by atomic mass is 35.5. The molecule has 0 aliphatic carbocycles. The van der Waals surface area contributed by atoms with Gasteiger partial charge in [-0.25, -0.2) is 13.4 Å². The van der Waals surface area contributed by atoms with Crippen LogP contribution in [0.4, 0.5) is 5.69 Å². The van der Waals surface area contributed by atoms with Gasteiger partial charge >= 0.3 is 5.69 Å². The molecule has 0 aromatic carbocycles. The van der Waals surface area contributed by atoms with E-state index >= 15 is 0 Å². The average molecular weight is 320 g/mol. The monoisotopic (exact) mass is 319 g/mol. The largest absolute Gasteiger partial charge is 0.336 e. The lowest BCUT2D eigenvalue weighted by Crippen LogP contribution is -2.43. The molecule has 1 aliphatic rings. The summed E-state index contributed by atoms with van der Waals surface area (Å²) >= 11 is 5.63. The number of carbonyl (C=O) groups is 1. The molecule has 0 spiro atoms. The second kappa shape index (κ2) is 5.33. The van der Waals surface area contributed by atoms with E-state index in [1.165, 1.54) is 17.2 Å². The molecule has 1 aromatic rings. The van der Waals surface area contributed by atoms with Crippen LogP contribution in [0.25, 0.3) is 0 Å². The lowest BCUT2D eigenvalue weighted by molar-refractivity contribution is -0.385. The number of nitro groups is 1. The first-order valence-corrected chi connectivity index (χ1v) is 7.80. The highest BCUT2D eigenvalue weighted by molar-refractivity contribution is 7.91. The number of pyridine rings is 1. The van der Waals surface area contributed by atoms with Crippen LogP contribution in [0.5, 0.6) is 0 Å². The smallest absolute Gasteiger partial charge is 0.319 e. The number of sulfone groups is 1. The molecule has 1 aliphatic heterocycles. The highest BCUT2D eigenvalue weighted by Gasteiger charge is 2.31. The molecule has 0 saturated carbocycles. The Hall–Kier alpha value is -1.74. The van der Waals surface area contributed by atoms with E-state index in [0.717, 1.165) is 0 Å². The van der Waals surface area contributed by atoms with Gasteiger partial charge in [0.15, 0.2) is 9.84 Å². The Morgan fingerprint density at radius 3 is 2.55 bits per heavy atom. The quantitative estimate of drug-likeness (QED) is 0.446. The first-order chi connectivity index (χ1) is 9.32. The fourth-order valence-corrected chi connectivity index (χ4v) is 3.29. The molecule has 0 bridgehead atoms. The van der Waals surface area contributed by atoms with Crippen molar-refractivity contribution in [3.63, 3.8) is 0 Å². The Balaban J connectivity index is 2.31. The van der Waals surface area contributed by atoms with Gasteiger partial charge < -0.3 is 4.90 Å². The summed E-state index contributed by atoms with van der Waals surface area (Å²) in [5.74, 6) is -0.910. The number of aromatic nitrogens is 1. The molecular weight excluding hydrogens is 310 g/mol. The van der Waals surface area contributed by atoms with Crippen LogP contribution in [0.15, 0.2) is 12.3 Å². The molecule has 0 N–H and O–H groups in total. The van der Waals surface area contributed by atoms with Gasteiger partial charge in [0.05, 0.1) is 16.4 Å². The van der Waals surface area contributed by atoms with Gasteiger partial charge in [-0.2, -0.15) is 0 Å². The summed E-state index contributed by atoms with van der Waals surface area (Å²) in [4.78, 5) is 27.2. The summed E-state index contributed by atoms with van der Waals surface area (Å²) in [5.41, 5.74) is -0.748. The molecule has 0 atom stereocenters. The lowest BCUT2D eigenvalue weighted by atomic mass is 10.2. The van der Waals surface area contributed by atoms with Crippen molar-refractivity contribution in [1.82, 2.24) is 9.88 Å². The van der Waals surface area contributed by atoms with E-state index in [0.29, 0.717) is 0 Å². The van der Waals surface area contributed by atoms with Gasteiger partial charge in [0, 0.05) is 19.3 Å². The summed E-state index contributed by atoms with van der Waals surface area (Å²) in [6, 6.07) is 1.20. The fraction of sp³-hybridized carbons (Fsp3) is 0.400. The zero-order valence-electron chi connectivity index (χ0n) is 10.2. The van der Waals surface area contributed by atoms with Crippen LogP contribution in [-0.2, 0) is 9.84 Å². The minimum Gasteiger partial charge on any atom is -0.336 e. The van der Waals surface area contributed by atoms with E-state index in [4.69, 9.17) is 11.6 Å². The molecule has 2 heterocycles. The van der Waals surface area contributed by atoms with Crippen molar-refractivity contribution in [3.8, 4) is 0 Å². The van der Waals surface area contributed by atoms with Crippen molar-refractivity contribution in [2.24, 2.45) is 0 Å². The van der Waals surface area contributed by atoms with Gasteiger partial charge in [-0.3, -0.25) is 14.9 Å². The molecule has 0 unspecified atom stereocenters. The summed E-state index contributed by atoms with van der Waals surface area (Å²) in [5, 5.41) is 10.6. The molecule has 1 amide bonds. The van der Waals surface area contributed by atoms with Gasteiger partial charge in [0.2, 0.25) is 5.15 Å². The number of rotatable bonds is 2. The summed E-state index contributed by atoms with van der Waals surface area (Å²) in [6.45, 7) is 0.0243. The van der Waals surface area contributed by atoms with Crippen LogP contribution in [0.3, 0.4) is 0 Å². The second-order valence-corrected chi connectivity index (χ2v) is 6.86. The van der Waals surface area contributed by atoms with Crippen LogP contribution in [0, 0.1) is 10.1 Å². The van der Waals surface area contributed by atoms with Crippen LogP contribution in [0.2, 0.25) is 5.15 Å². The van der Waals surface area contributed by atoms with Gasteiger partial charge in [0.25, 0.3) is 5.91 Å². The van der Waals surface area contributed by atoms with E-state index in [9.17, 15) is 23.3 Å². The van der Waals surface area contributed by atoms with Gasteiger partial charge in [-0.1, -0.05) is 11.6 Å². The van der Waals surface area contributed by atoms with Gasteiger partial charge in [-0.05, 0) is 6.07 Å². The van der Waals surface area contributed by atoms with Crippen molar-refractivity contribution in [3.05, 3.63) is 33.1 Å². The maximum Gasteiger partial charge on any atom is 0.319 e. The molecule has 10 heteroatoms. The summed E-state index contributed by atoms with van der Waals surface area (Å²) < 4.78 is 22.6. The predicted molar refractivity (Wildman–Crippen MR) is 70.5 cm³/mol. The minimum absolute atomic E-state index is 0.0122. The van der Waals surface area contributed by atoms with E-state index in [-0.39, 0.29) is 35.3 Å². The van der Waals surface area contributed by atoms with E-state index in [1.54, 1.807) is 0 Å². The first-order valence-electron chi connectivity index (χ1n) is 5.60. The first kappa shape index (κ1) is 14.7. The topological polar surface area (TPSA) is 110 Å². The number of halogens is 1. The number of amides is 1. The van der Waals surface area contributed by atoms with Crippen molar-refractivity contribution in [2.45, 2.75) is 0 Å². The minimum atomic E-state index is -3.13. The standard InChI is InChI=1S/C10H10ClN3O5S/c11-9-8(14(16)17)7(1-2-12-9)10(15)13-3-5-20(18,19)6-4-13/h1-2H,3-6H2. The molecule has 0 radical (unpaired) electrons. The van der Waals surface area contributed by atoms with Crippen LogP contribution in [-0.4, -0.2) is 53.7 Å². The normalized spacial score (nSPS) is 17.8. The zero-order valence-corrected chi connectivity index (χ0v) is 11.7. The van der Waals surface area contributed by atoms with Crippen LogP contribution < -0.4 is 0 Å². The predicted octanol–water partition coefficient (Wildman–Crippen LogP) is 0.514. The maximum absolute atomic E-state index is 12.2. The average Bonchev–Trinajstić information content (AvgIpc) is 2.37. The Morgan fingerprint density at radius 1 is 1.40 bits per heavy atom. The molecule has 1 fully saturated rings. The number of hydrogen-bond acceptors (Lipinski definition) is 6. The van der Waals surface area contributed by atoms with E-state index in [1.807, 2.05) is 0 Å². The highest BCUT2D eigenvalue weighted by Crippen LogP contribution is 2.27. The van der Waals surface area contributed by atoms with Crippen molar-refractivity contribution in [2.75, 3.05) is 24.6 Å². The third kappa shape index (κ3) is 2.88. The molecular formula is C10H10ClN3O5S. The molecule has 8 nitrogen and oxygen atoms in total. The van der Waals surface area contributed by atoms with Gasteiger partial charge in [-0.15, -0.1) is 0 Å². The number of nitrogens with zero attached hydrogens (tertiary/aromatic N) is 3. The molecule has 2 rings (SSSR count). The third-order valence-electron chi connectivity index (χ3n) is 2.92. The molecule has 108 valence electrons. The van der Waals surface area contributed by atoms with Crippen LogP contribution >= 0.6 is 11.6 Å². The third-order valence-corrected chi connectivity index (χ3v) is 4.81. The SMILES string of the molecule is O=C(c1ccnc(Cl)c1[N+](=O)[O-])N1CCS(=O)(=O)CC1. The second-order valence-electron chi connectivity index (χ2n) is 4.20. The van der Waals surface area contributed by atoms with Crippen LogP contribution in [0.1, 0.15) is 10.4 Å². The summed E-state index contributed by atoms with van der Waals surface area (Å²) in [6.07, 6.45) is 1.20. The van der Waals surface area contributed by atoms with Gasteiger partial charge in [0.1, 0.15) is 5.56 Å². The molecule has 20 heavy (non-hydrogen) atoms. The van der Waals surface area contributed by atoms with Crippen molar-refractivity contribution in [1.29, 1.82) is 0 Å². The maximum atomic E-state index is 12.2. The zero-order chi connectivity index (χ0) is 14.9. The molecule has 1 saturated heterocycles. The number of hydrogen-bond donors (Lipinski definition) is 0. The fourth-order valence-electron chi connectivity index (χ4n) is 1.86. The Labute approximate surface area is 119 Å². The van der Waals surface area contributed by atoms with Crippen molar-refractivity contribution < 1.29 is 18.1 Å².